The highest BCUT2D eigenvalue weighted by Gasteiger charge is 2.30. The average molecular weight is 1310 g/mol. The van der Waals surface area contributed by atoms with E-state index in [0.717, 1.165) is 102 Å². The maximum absolute atomic E-state index is 13.0. The summed E-state index contributed by atoms with van der Waals surface area (Å²) in [5.74, 6) is -1.37. The second kappa shape index (κ2) is 63.5. The van der Waals surface area contributed by atoms with Gasteiger partial charge in [-0.1, -0.05) is 311 Å². The molecule has 0 aromatic rings. The molecule has 5 atom stereocenters. The summed E-state index contributed by atoms with van der Waals surface area (Å²) in [6.07, 6.45) is 50.3. The minimum Gasteiger partial charge on any atom is -0.462 e. The molecular formula is C70H136O17P2. The third-order valence-electron chi connectivity index (χ3n) is 16.3. The molecule has 19 heteroatoms. The number of esters is 4. The second-order valence-electron chi connectivity index (χ2n) is 25.7. The molecule has 0 radical (unpaired) electrons. The van der Waals surface area contributed by atoms with Crippen LogP contribution in [-0.4, -0.2) is 96.7 Å². The summed E-state index contributed by atoms with van der Waals surface area (Å²) in [5, 5.41) is 10.6. The molecule has 0 aromatic heterocycles. The monoisotopic (exact) mass is 1310 g/mol. The van der Waals surface area contributed by atoms with Gasteiger partial charge in [-0.3, -0.25) is 37.3 Å². The van der Waals surface area contributed by atoms with E-state index in [1.54, 1.807) is 0 Å². The molecule has 2 unspecified atom stereocenters. The van der Waals surface area contributed by atoms with Crippen molar-refractivity contribution in [1.29, 1.82) is 0 Å². The van der Waals surface area contributed by atoms with Gasteiger partial charge in [-0.25, -0.2) is 9.13 Å². The van der Waals surface area contributed by atoms with Gasteiger partial charge in [-0.05, 0) is 31.6 Å². The molecule has 0 aliphatic carbocycles. The Kier molecular flexibility index (Phi) is 62.1. The average Bonchev–Trinajstić information content (AvgIpc) is 3.65. The lowest BCUT2D eigenvalue weighted by Gasteiger charge is -2.21. The predicted molar refractivity (Wildman–Crippen MR) is 358 cm³/mol. The van der Waals surface area contributed by atoms with E-state index in [2.05, 4.69) is 34.6 Å². The number of carbonyl (C=O) groups excluding carboxylic acids is 4. The standard InChI is InChI=1S/C70H136O17P2/c1-6-9-12-15-17-19-21-23-24-25-26-27-29-31-37-41-46-51-56-70(75)87-66(60-81-68(73)54-49-44-39-35-33-32-34-38-43-47-52-63(4)5)62-85-89(78,79)83-58-64(71)57-82-88(76,77)84-61-65(59-80-67(72)53-48-42-14-11-8-3)86-69(74)55-50-45-40-36-30-28-22-20-18-16-13-10-7-2/h63-66,71H,6-62H2,1-5H3,(H,76,77)(H,78,79)/t64-,65+,66+/m0/s1. The molecule has 0 aliphatic rings. The van der Waals surface area contributed by atoms with Crippen LogP contribution in [-0.2, 0) is 65.4 Å². The van der Waals surface area contributed by atoms with Crippen LogP contribution >= 0.6 is 15.6 Å². The Morgan fingerprint density at radius 2 is 0.517 bits per heavy atom. The molecule has 0 spiro atoms. The molecule has 0 amide bonds. The summed E-state index contributed by atoms with van der Waals surface area (Å²) in [6, 6.07) is 0. The van der Waals surface area contributed by atoms with E-state index < -0.39 is 97.5 Å². The van der Waals surface area contributed by atoms with Crippen LogP contribution in [0, 0.1) is 5.92 Å². The number of aliphatic hydroxyl groups excluding tert-OH is 1. The molecule has 3 N–H and O–H groups in total. The zero-order chi connectivity index (χ0) is 65.6. The van der Waals surface area contributed by atoms with Crippen LogP contribution in [0.2, 0.25) is 0 Å². The first-order valence-electron chi connectivity index (χ1n) is 36.6. The quantitative estimate of drug-likeness (QED) is 0.0222. The van der Waals surface area contributed by atoms with Crippen molar-refractivity contribution < 1.29 is 80.2 Å². The largest absolute Gasteiger partial charge is 0.472 e. The van der Waals surface area contributed by atoms with Crippen molar-refractivity contribution in [3.05, 3.63) is 0 Å². The molecule has 0 saturated heterocycles. The van der Waals surface area contributed by atoms with E-state index in [9.17, 15) is 43.2 Å². The molecule has 0 fully saturated rings. The van der Waals surface area contributed by atoms with Crippen molar-refractivity contribution in [1.82, 2.24) is 0 Å². The van der Waals surface area contributed by atoms with Crippen molar-refractivity contribution in [2.24, 2.45) is 5.92 Å². The highest BCUT2D eigenvalue weighted by molar-refractivity contribution is 7.47. The van der Waals surface area contributed by atoms with E-state index in [-0.39, 0.29) is 25.7 Å². The second-order valence-corrected chi connectivity index (χ2v) is 28.7. The lowest BCUT2D eigenvalue weighted by Crippen LogP contribution is -2.30. The number of ether oxygens (including phenoxy) is 4. The maximum atomic E-state index is 13.0. The first-order chi connectivity index (χ1) is 43.0. The summed E-state index contributed by atoms with van der Waals surface area (Å²) < 4.78 is 68.1. The van der Waals surface area contributed by atoms with Gasteiger partial charge in [-0.15, -0.1) is 0 Å². The topological polar surface area (TPSA) is 237 Å². The van der Waals surface area contributed by atoms with Gasteiger partial charge in [0.15, 0.2) is 12.2 Å². The number of hydrogen-bond donors (Lipinski definition) is 3. The molecule has 0 saturated carbocycles. The first kappa shape index (κ1) is 87.1. The maximum Gasteiger partial charge on any atom is 0.472 e. The Balaban J connectivity index is 5.14. The van der Waals surface area contributed by atoms with Gasteiger partial charge in [0.1, 0.15) is 19.3 Å². The fourth-order valence-corrected chi connectivity index (χ4v) is 12.2. The number of carbonyl (C=O) groups is 4. The van der Waals surface area contributed by atoms with Crippen LogP contribution in [0.15, 0.2) is 0 Å². The first-order valence-corrected chi connectivity index (χ1v) is 39.6. The van der Waals surface area contributed by atoms with Crippen LogP contribution in [0.5, 0.6) is 0 Å². The Hall–Kier alpha value is -1.94. The van der Waals surface area contributed by atoms with Crippen LogP contribution in [0.25, 0.3) is 0 Å². The van der Waals surface area contributed by atoms with E-state index in [1.807, 2.05) is 0 Å². The van der Waals surface area contributed by atoms with Crippen LogP contribution < -0.4 is 0 Å². The number of aliphatic hydroxyl groups is 1. The summed E-state index contributed by atoms with van der Waals surface area (Å²) >= 11 is 0. The fraction of sp³-hybridized carbons (Fsp3) is 0.943. The van der Waals surface area contributed by atoms with Crippen molar-refractivity contribution in [2.75, 3.05) is 39.6 Å². The molecule has 0 bridgehead atoms. The number of phosphoric ester groups is 2. The molecule has 0 aromatic carbocycles. The van der Waals surface area contributed by atoms with Crippen LogP contribution in [0.4, 0.5) is 0 Å². The zero-order valence-corrected chi connectivity index (χ0v) is 59.4. The summed E-state index contributed by atoms with van der Waals surface area (Å²) in [5.41, 5.74) is 0. The van der Waals surface area contributed by atoms with E-state index in [4.69, 9.17) is 37.0 Å². The molecule has 0 rings (SSSR count). The van der Waals surface area contributed by atoms with Crippen molar-refractivity contribution in [3.8, 4) is 0 Å². The SMILES string of the molecule is CCCCCCCCCCCCCCCCCCCCC(=O)O[C@H](COC(=O)CCCCCCCCCCCCC(C)C)COP(=O)(O)OC[C@@H](O)COP(=O)(O)OC[C@@H](COC(=O)CCCCCCC)OC(=O)CCCCCCCCCCCCCCC. The molecule has 0 heterocycles. The summed E-state index contributed by atoms with van der Waals surface area (Å²) in [7, 11) is -9.89. The van der Waals surface area contributed by atoms with Gasteiger partial charge in [0.2, 0.25) is 0 Å². The number of phosphoric acid groups is 2. The Morgan fingerprint density at radius 1 is 0.303 bits per heavy atom. The van der Waals surface area contributed by atoms with Crippen LogP contribution in [0.3, 0.4) is 0 Å². The van der Waals surface area contributed by atoms with Crippen molar-refractivity contribution in [3.63, 3.8) is 0 Å². The minimum atomic E-state index is -4.95. The van der Waals surface area contributed by atoms with E-state index in [1.165, 1.54) is 180 Å². The minimum absolute atomic E-state index is 0.107. The normalized spacial score (nSPS) is 14.1. The van der Waals surface area contributed by atoms with Gasteiger partial charge >= 0.3 is 39.5 Å². The smallest absolute Gasteiger partial charge is 0.462 e. The van der Waals surface area contributed by atoms with Crippen molar-refractivity contribution >= 4 is 39.5 Å². The van der Waals surface area contributed by atoms with Crippen molar-refractivity contribution in [2.45, 2.75) is 380 Å². The van der Waals surface area contributed by atoms with Gasteiger partial charge in [0.25, 0.3) is 0 Å². The third kappa shape index (κ3) is 64.6. The highest BCUT2D eigenvalue weighted by Crippen LogP contribution is 2.45. The molecule has 0 aliphatic heterocycles. The third-order valence-corrected chi connectivity index (χ3v) is 18.2. The summed E-state index contributed by atoms with van der Waals surface area (Å²) in [4.78, 5) is 72.3. The van der Waals surface area contributed by atoms with Gasteiger partial charge in [-0.2, -0.15) is 0 Å². The fourth-order valence-electron chi connectivity index (χ4n) is 10.6. The lowest BCUT2D eigenvalue weighted by molar-refractivity contribution is -0.161. The number of hydrogen-bond acceptors (Lipinski definition) is 15. The van der Waals surface area contributed by atoms with Crippen LogP contribution in [0.1, 0.15) is 362 Å². The number of unbranched alkanes of at least 4 members (excludes halogenated alkanes) is 42. The lowest BCUT2D eigenvalue weighted by atomic mass is 10.0. The Morgan fingerprint density at radius 3 is 0.764 bits per heavy atom. The van der Waals surface area contributed by atoms with Gasteiger partial charge in [0.05, 0.1) is 26.4 Å². The highest BCUT2D eigenvalue weighted by atomic mass is 31.2. The van der Waals surface area contributed by atoms with Gasteiger partial charge in [0, 0.05) is 25.7 Å². The van der Waals surface area contributed by atoms with E-state index in [0.29, 0.717) is 25.7 Å². The summed E-state index contributed by atoms with van der Waals surface area (Å²) in [6.45, 7) is 7.16. The predicted octanol–water partition coefficient (Wildman–Crippen LogP) is 20.1. The van der Waals surface area contributed by atoms with E-state index >= 15 is 0 Å². The number of rotatable bonds is 70. The molecule has 528 valence electrons. The Labute approximate surface area is 543 Å². The molecule has 89 heavy (non-hydrogen) atoms. The zero-order valence-electron chi connectivity index (χ0n) is 57.6. The molecule has 17 nitrogen and oxygen atoms in total. The Bertz CT molecular complexity index is 1720. The van der Waals surface area contributed by atoms with Gasteiger partial charge < -0.3 is 33.8 Å². The molecular weight excluding hydrogens is 1170 g/mol.